The largest absolute Gasteiger partial charge is 0.494 e. The smallest absolute Gasteiger partial charge is 0.259 e. The lowest BCUT2D eigenvalue weighted by molar-refractivity contribution is -0.126. The number of ether oxygens (including phenoxy) is 1. The molecule has 1 aromatic carbocycles. The van der Waals surface area contributed by atoms with Crippen LogP contribution in [0.4, 0.5) is 0 Å². The van der Waals surface area contributed by atoms with Gasteiger partial charge in [0, 0.05) is 6.42 Å². The summed E-state index contributed by atoms with van der Waals surface area (Å²) in [6.07, 6.45) is 13.0. The average Bonchev–Trinajstić information content (AvgIpc) is 2.72. The molecular formula is C23H37N3O3. The van der Waals surface area contributed by atoms with Gasteiger partial charge in [0.1, 0.15) is 5.75 Å². The number of nitrogens with one attached hydrogen (secondary N) is 2. The Labute approximate surface area is 175 Å². The number of carbonyl (C=O) groups is 2. The van der Waals surface area contributed by atoms with Gasteiger partial charge in [0.05, 0.1) is 19.4 Å². The zero-order chi connectivity index (χ0) is 21.2. The Bertz CT molecular complexity index is 600. The van der Waals surface area contributed by atoms with Crippen molar-refractivity contribution < 1.29 is 14.3 Å². The summed E-state index contributed by atoms with van der Waals surface area (Å²) in [5.74, 6) is 0.370. The second-order valence-corrected chi connectivity index (χ2v) is 7.15. The summed E-state index contributed by atoms with van der Waals surface area (Å²) in [5.41, 5.74) is 3.27. The van der Waals surface area contributed by atoms with Gasteiger partial charge in [0.2, 0.25) is 5.91 Å². The van der Waals surface area contributed by atoms with Crippen LogP contribution in [0.25, 0.3) is 0 Å². The molecule has 0 saturated heterocycles. The molecule has 0 fully saturated rings. The third-order valence-corrected chi connectivity index (χ3v) is 4.55. The molecule has 6 nitrogen and oxygen atoms in total. The molecule has 1 rings (SSSR count). The summed E-state index contributed by atoms with van der Waals surface area (Å²) in [7, 11) is 0. The van der Waals surface area contributed by atoms with Gasteiger partial charge >= 0.3 is 0 Å². The quantitative estimate of drug-likeness (QED) is 0.241. The number of hydrogen-bond acceptors (Lipinski definition) is 4. The molecule has 0 spiro atoms. The van der Waals surface area contributed by atoms with E-state index in [9.17, 15) is 9.59 Å². The van der Waals surface area contributed by atoms with E-state index >= 15 is 0 Å². The average molecular weight is 404 g/mol. The monoisotopic (exact) mass is 403 g/mol. The normalized spacial score (nSPS) is 10.8. The van der Waals surface area contributed by atoms with Crippen LogP contribution >= 0.6 is 0 Å². The van der Waals surface area contributed by atoms with Gasteiger partial charge < -0.3 is 10.1 Å². The van der Waals surface area contributed by atoms with Crippen LogP contribution in [0.5, 0.6) is 5.75 Å². The van der Waals surface area contributed by atoms with E-state index in [0.717, 1.165) is 24.2 Å². The number of hydrazone groups is 1. The van der Waals surface area contributed by atoms with Crippen molar-refractivity contribution in [2.45, 2.75) is 78.1 Å². The lowest BCUT2D eigenvalue weighted by Gasteiger charge is -2.05. The van der Waals surface area contributed by atoms with E-state index in [2.05, 4.69) is 22.8 Å². The molecule has 0 unspecified atom stereocenters. The van der Waals surface area contributed by atoms with Crippen LogP contribution in [-0.4, -0.2) is 31.2 Å². The molecule has 29 heavy (non-hydrogen) atoms. The predicted octanol–water partition coefficient (Wildman–Crippen LogP) is 4.57. The zero-order valence-electron chi connectivity index (χ0n) is 18.0. The SMILES string of the molecule is CCCCCCCCCCCC(=O)NCC(=O)N/N=C/c1ccc(OCC)cc1. The van der Waals surface area contributed by atoms with E-state index in [-0.39, 0.29) is 18.4 Å². The van der Waals surface area contributed by atoms with Gasteiger partial charge in [-0.05, 0) is 43.2 Å². The lowest BCUT2D eigenvalue weighted by Crippen LogP contribution is -2.34. The molecule has 1 aromatic rings. The third-order valence-electron chi connectivity index (χ3n) is 4.55. The predicted molar refractivity (Wildman–Crippen MR) is 118 cm³/mol. The molecule has 0 aromatic heterocycles. The standard InChI is InChI=1S/C23H37N3O3/c1-3-5-6-7-8-9-10-11-12-13-22(27)24-19-23(28)26-25-18-20-14-16-21(17-15-20)29-4-2/h14-18H,3-13,19H2,1-2H3,(H,24,27)(H,26,28)/b25-18+. The van der Waals surface area contributed by atoms with E-state index in [1.54, 1.807) is 6.21 Å². The van der Waals surface area contributed by atoms with Gasteiger partial charge in [0.15, 0.2) is 0 Å². The van der Waals surface area contributed by atoms with E-state index < -0.39 is 0 Å². The van der Waals surface area contributed by atoms with Gasteiger partial charge in [-0.25, -0.2) is 5.43 Å². The first kappa shape index (κ1) is 24.7. The van der Waals surface area contributed by atoms with E-state index in [1.165, 1.54) is 44.9 Å². The van der Waals surface area contributed by atoms with Gasteiger partial charge in [-0.2, -0.15) is 5.10 Å². The maximum Gasteiger partial charge on any atom is 0.259 e. The summed E-state index contributed by atoms with van der Waals surface area (Å²) in [4.78, 5) is 23.5. The first-order valence-electron chi connectivity index (χ1n) is 11.0. The summed E-state index contributed by atoms with van der Waals surface area (Å²) in [6.45, 7) is 4.72. The third kappa shape index (κ3) is 13.4. The molecule has 0 aliphatic rings. The van der Waals surface area contributed by atoms with Crippen LogP contribution in [0.2, 0.25) is 0 Å². The minimum Gasteiger partial charge on any atom is -0.494 e. The highest BCUT2D eigenvalue weighted by molar-refractivity contribution is 5.86. The van der Waals surface area contributed by atoms with E-state index in [0.29, 0.717) is 13.0 Å². The fourth-order valence-corrected chi connectivity index (χ4v) is 2.90. The Balaban J connectivity index is 2.05. The molecule has 162 valence electrons. The molecule has 0 aliphatic carbocycles. The van der Waals surface area contributed by atoms with Gasteiger partial charge in [-0.15, -0.1) is 0 Å². The van der Waals surface area contributed by atoms with Crippen LogP contribution < -0.4 is 15.5 Å². The van der Waals surface area contributed by atoms with Crippen molar-refractivity contribution >= 4 is 18.0 Å². The summed E-state index contributed by atoms with van der Waals surface area (Å²) >= 11 is 0. The molecule has 0 radical (unpaired) electrons. The topological polar surface area (TPSA) is 79.8 Å². The van der Waals surface area contributed by atoms with Crippen molar-refractivity contribution in [3.05, 3.63) is 29.8 Å². The lowest BCUT2D eigenvalue weighted by atomic mass is 10.1. The Kier molecular flexibility index (Phi) is 14.1. The molecule has 0 atom stereocenters. The second-order valence-electron chi connectivity index (χ2n) is 7.15. The number of amides is 2. The Morgan fingerprint density at radius 1 is 0.897 bits per heavy atom. The highest BCUT2D eigenvalue weighted by Crippen LogP contribution is 2.11. The molecule has 0 aliphatic heterocycles. The van der Waals surface area contributed by atoms with Crippen molar-refractivity contribution in [2.75, 3.05) is 13.2 Å². The van der Waals surface area contributed by atoms with E-state index in [1.807, 2.05) is 31.2 Å². The Morgan fingerprint density at radius 3 is 2.14 bits per heavy atom. The number of hydrogen-bond donors (Lipinski definition) is 2. The van der Waals surface area contributed by atoms with Gasteiger partial charge in [0.25, 0.3) is 5.91 Å². The van der Waals surface area contributed by atoms with Crippen molar-refractivity contribution in [1.29, 1.82) is 0 Å². The maximum atomic E-state index is 11.8. The molecular weight excluding hydrogens is 366 g/mol. The minimum atomic E-state index is -0.340. The van der Waals surface area contributed by atoms with Crippen molar-refractivity contribution in [1.82, 2.24) is 10.7 Å². The fraction of sp³-hybridized carbons (Fsp3) is 0.609. The molecule has 2 amide bonds. The highest BCUT2D eigenvalue weighted by atomic mass is 16.5. The minimum absolute atomic E-state index is 0.0587. The van der Waals surface area contributed by atoms with Gasteiger partial charge in [-0.1, -0.05) is 58.3 Å². The molecule has 0 bridgehead atoms. The Morgan fingerprint density at radius 2 is 1.52 bits per heavy atom. The Hall–Kier alpha value is -2.37. The molecule has 6 heteroatoms. The van der Waals surface area contributed by atoms with Crippen LogP contribution in [0, 0.1) is 0 Å². The van der Waals surface area contributed by atoms with Crippen molar-refractivity contribution in [3.63, 3.8) is 0 Å². The molecule has 0 heterocycles. The number of rotatable bonds is 16. The first-order chi connectivity index (χ1) is 14.2. The van der Waals surface area contributed by atoms with Crippen molar-refractivity contribution in [3.8, 4) is 5.75 Å². The molecule has 2 N–H and O–H groups in total. The summed E-state index contributed by atoms with van der Waals surface area (Å²) < 4.78 is 5.37. The van der Waals surface area contributed by atoms with Crippen LogP contribution in [0.1, 0.15) is 83.6 Å². The first-order valence-corrected chi connectivity index (χ1v) is 11.0. The van der Waals surface area contributed by atoms with Crippen LogP contribution in [-0.2, 0) is 9.59 Å². The van der Waals surface area contributed by atoms with Crippen LogP contribution in [0.3, 0.4) is 0 Å². The number of benzene rings is 1. The number of carbonyl (C=O) groups excluding carboxylic acids is 2. The van der Waals surface area contributed by atoms with E-state index in [4.69, 9.17) is 4.74 Å². The van der Waals surface area contributed by atoms with Crippen molar-refractivity contribution in [2.24, 2.45) is 5.10 Å². The number of unbranched alkanes of at least 4 members (excludes halogenated alkanes) is 8. The molecule has 0 saturated carbocycles. The van der Waals surface area contributed by atoms with Gasteiger partial charge in [-0.3, -0.25) is 9.59 Å². The fourth-order valence-electron chi connectivity index (χ4n) is 2.90. The summed E-state index contributed by atoms with van der Waals surface area (Å²) in [6, 6.07) is 7.40. The maximum absolute atomic E-state index is 11.8. The second kappa shape index (κ2) is 16.6. The zero-order valence-corrected chi connectivity index (χ0v) is 18.0. The highest BCUT2D eigenvalue weighted by Gasteiger charge is 2.04. The van der Waals surface area contributed by atoms with Crippen LogP contribution in [0.15, 0.2) is 29.4 Å². The summed E-state index contributed by atoms with van der Waals surface area (Å²) in [5, 5.41) is 6.54. The number of nitrogens with zero attached hydrogens (tertiary/aromatic N) is 1.